The number of hydrogen-bond acceptors (Lipinski definition) is 3. The van der Waals surface area contributed by atoms with E-state index < -0.39 is 0 Å². The number of benzene rings is 1. The van der Waals surface area contributed by atoms with Crippen LogP contribution in [0.25, 0.3) is 0 Å². The minimum absolute atomic E-state index is 0.0961. The van der Waals surface area contributed by atoms with E-state index in [9.17, 15) is 4.79 Å². The van der Waals surface area contributed by atoms with Crippen molar-refractivity contribution < 1.29 is 4.79 Å². The molecule has 0 aliphatic rings. The Morgan fingerprint density at radius 2 is 2.05 bits per heavy atom. The Hall–Kier alpha value is -1.39. The molecule has 1 aromatic rings. The molecule has 0 aliphatic carbocycles. The number of carbonyl (C=O) groups excluding carboxylic acids is 1. The molecule has 0 bridgehead atoms. The molecule has 0 heterocycles. The average molecular weight is 277 g/mol. The van der Waals surface area contributed by atoms with Gasteiger partial charge >= 0.3 is 0 Å². The van der Waals surface area contributed by atoms with Gasteiger partial charge in [0.1, 0.15) is 0 Å². The standard InChI is InChI=1S/C16H27N3O/c1-5-9-19(12-16(20)18(3)4)15(11-17)14-8-6-7-13(2)10-14/h6-8,10,15H,5,9,11-12,17H2,1-4H3. The van der Waals surface area contributed by atoms with Crippen molar-refractivity contribution in [1.82, 2.24) is 9.80 Å². The largest absolute Gasteiger partial charge is 0.348 e. The van der Waals surface area contributed by atoms with Crippen LogP contribution in [0.2, 0.25) is 0 Å². The third-order valence-corrected chi connectivity index (χ3v) is 3.44. The van der Waals surface area contributed by atoms with Gasteiger partial charge in [0, 0.05) is 26.7 Å². The maximum Gasteiger partial charge on any atom is 0.236 e. The maximum atomic E-state index is 12.0. The van der Waals surface area contributed by atoms with Gasteiger partial charge in [0.2, 0.25) is 5.91 Å². The van der Waals surface area contributed by atoms with Crippen molar-refractivity contribution in [1.29, 1.82) is 0 Å². The topological polar surface area (TPSA) is 49.6 Å². The molecule has 4 nitrogen and oxygen atoms in total. The van der Waals surface area contributed by atoms with Crippen LogP contribution < -0.4 is 5.73 Å². The van der Waals surface area contributed by atoms with E-state index in [2.05, 4.69) is 36.9 Å². The van der Waals surface area contributed by atoms with Gasteiger partial charge in [-0.2, -0.15) is 0 Å². The summed E-state index contributed by atoms with van der Waals surface area (Å²) in [5.74, 6) is 0.115. The Morgan fingerprint density at radius 3 is 2.55 bits per heavy atom. The fourth-order valence-electron chi connectivity index (χ4n) is 2.32. The average Bonchev–Trinajstić information content (AvgIpc) is 2.39. The van der Waals surface area contributed by atoms with Gasteiger partial charge in [-0.15, -0.1) is 0 Å². The monoisotopic (exact) mass is 277 g/mol. The maximum absolute atomic E-state index is 12.0. The number of carbonyl (C=O) groups is 1. The van der Waals surface area contributed by atoms with Crippen LogP contribution in [0.5, 0.6) is 0 Å². The first-order chi connectivity index (χ1) is 9.49. The highest BCUT2D eigenvalue weighted by Crippen LogP contribution is 2.21. The van der Waals surface area contributed by atoms with Crippen molar-refractivity contribution in [2.75, 3.05) is 33.7 Å². The predicted octanol–water partition coefficient (Wildman–Crippen LogP) is 1.80. The van der Waals surface area contributed by atoms with Gasteiger partial charge in [-0.3, -0.25) is 9.69 Å². The van der Waals surface area contributed by atoms with Crippen LogP contribution in [0, 0.1) is 6.92 Å². The first-order valence-electron chi connectivity index (χ1n) is 7.20. The highest BCUT2D eigenvalue weighted by atomic mass is 16.2. The van der Waals surface area contributed by atoms with Crippen molar-refractivity contribution in [3.8, 4) is 0 Å². The van der Waals surface area contributed by atoms with Crippen LogP contribution in [0.15, 0.2) is 24.3 Å². The molecule has 20 heavy (non-hydrogen) atoms. The molecule has 0 aliphatic heterocycles. The minimum Gasteiger partial charge on any atom is -0.348 e. The summed E-state index contributed by atoms with van der Waals surface area (Å²) in [4.78, 5) is 15.8. The van der Waals surface area contributed by atoms with Gasteiger partial charge in [-0.05, 0) is 25.5 Å². The molecule has 0 saturated heterocycles. The van der Waals surface area contributed by atoms with E-state index in [-0.39, 0.29) is 11.9 Å². The van der Waals surface area contributed by atoms with Gasteiger partial charge in [0.15, 0.2) is 0 Å². The zero-order valence-electron chi connectivity index (χ0n) is 13.1. The van der Waals surface area contributed by atoms with Gasteiger partial charge in [-0.1, -0.05) is 36.8 Å². The molecule has 1 unspecified atom stereocenters. The van der Waals surface area contributed by atoms with Gasteiger partial charge in [-0.25, -0.2) is 0 Å². The Kier molecular flexibility index (Phi) is 6.68. The molecule has 0 radical (unpaired) electrons. The van der Waals surface area contributed by atoms with E-state index in [1.807, 2.05) is 6.07 Å². The molecule has 0 fully saturated rings. The molecule has 2 N–H and O–H groups in total. The zero-order chi connectivity index (χ0) is 15.1. The summed E-state index contributed by atoms with van der Waals surface area (Å²) in [5, 5.41) is 0. The molecule has 1 rings (SSSR count). The lowest BCUT2D eigenvalue weighted by Gasteiger charge is -2.31. The fraction of sp³-hybridized carbons (Fsp3) is 0.562. The quantitative estimate of drug-likeness (QED) is 0.826. The molecule has 0 saturated carbocycles. The Morgan fingerprint density at radius 1 is 1.35 bits per heavy atom. The molecule has 1 atom stereocenters. The number of amides is 1. The molecular formula is C16H27N3O. The summed E-state index contributed by atoms with van der Waals surface area (Å²) in [6.07, 6.45) is 1.00. The van der Waals surface area contributed by atoms with E-state index in [4.69, 9.17) is 5.73 Å². The lowest BCUT2D eigenvalue weighted by Crippen LogP contribution is -2.41. The number of likely N-dealkylation sites (N-methyl/N-ethyl adjacent to an activating group) is 1. The van der Waals surface area contributed by atoms with E-state index in [1.54, 1.807) is 19.0 Å². The highest BCUT2D eigenvalue weighted by molar-refractivity contribution is 5.77. The highest BCUT2D eigenvalue weighted by Gasteiger charge is 2.21. The third-order valence-electron chi connectivity index (χ3n) is 3.44. The van der Waals surface area contributed by atoms with Crippen LogP contribution in [-0.4, -0.2) is 49.4 Å². The Bertz CT molecular complexity index is 431. The summed E-state index contributed by atoms with van der Waals surface area (Å²) in [5.41, 5.74) is 8.38. The normalized spacial score (nSPS) is 12.5. The SMILES string of the molecule is CCCN(CC(=O)N(C)C)C(CN)c1cccc(C)c1. The van der Waals surface area contributed by atoms with Gasteiger partial charge in [0.05, 0.1) is 6.54 Å². The van der Waals surface area contributed by atoms with Crippen molar-refractivity contribution in [2.45, 2.75) is 26.3 Å². The van der Waals surface area contributed by atoms with Crippen molar-refractivity contribution in [2.24, 2.45) is 5.73 Å². The lowest BCUT2D eigenvalue weighted by atomic mass is 10.0. The zero-order valence-corrected chi connectivity index (χ0v) is 13.1. The second-order valence-electron chi connectivity index (χ2n) is 5.42. The van der Waals surface area contributed by atoms with Gasteiger partial charge < -0.3 is 10.6 Å². The molecule has 112 valence electrons. The lowest BCUT2D eigenvalue weighted by molar-refractivity contribution is -0.130. The fourth-order valence-corrected chi connectivity index (χ4v) is 2.32. The first kappa shape index (κ1) is 16.7. The summed E-state index contributed by atoms with van der Waals surface area (Å²) < 4.78 is 0. The second kappa shape index (κ2) is 8.02. The number of hydrogen-bond donors (Lipinski definition) is 1. The summed E-state index contributed by atoms with van der Waals surface area (Å²) in [6, 6.07) is 8.46. The van der Waals surface area contributed by atoms with Crippen LogP contribution in [0.1, 0.15) is 30.5 Å². The predicted molar refractivity (Wildman–Crippen MR) is 83.5 cm³/mol. The smallest absolute Gasteiger partial charge is 0.236 e. The Balaban J connectivity index is 2.94. The van der Waals surface area contributed by atoms with Crippen LogP contribution in [-0.2, 0) is 4.79 Å². The summed E-state index contributed by atoms with van der Waals surface area (Å²) in [7, 11) is 3.58. The molecule has 1 aromatic carbocycles. The van der Waals surface area contributed by atoms with Gasteiger partial charge in [0.25, 0.3) is 0 Å². The van der Waals surface area contributed by atoms with Crippen molar-refractivity contribution >= 4 is 5.91 Å². The van der Waals surface area contributed by atoms with Crippen LogP contribution in [0.4, 0.5) is 0 Å². The minimum atomic E-state index is 0.0961. The number of aryl methyl sites for hydroxylation is 1. The third kappa shape index (κ3) is 4.62. The van der Waals surface area contributed by atoms with Crippen LogP contribution in [0.3, 0.4) is 0 Å². The molecule has 4 heteroatoms. The second-order valence-corrected chi connectivity index (χ2v) is 5.42. The Labute approximate surface area is 122 Å². The van der Waals surface area contributed by atoms with Crippen molar-refractivity contribution in [3.05, 3.63) is 35.4 Å². The van der Waals surface area contributed by atoms with E-state index in [1.165, 1.54) is 11.1 Å². The molecule has 1 amide bonds. The van der Waals surface area contributed by atoms with Crippen LogP contribution >= 0.6 is 0 Å². The van der Waals surface area contributed by atoms with Crippen molar-refractivity contribution in [3.63, 3.8) is 0 Å². The molecule has 0 spiro atoms. The molecule has 0 aromatic heterocycles. The summed E-state index contributed by atoms with van der Waals surface area (Å²) in [6.45, 7) is 6.00. The number of rotatable bonds is 7. The number of nitrogens with two attached hydrogens (primary N) is 1. The first-order valence-corrected chi connectivity index (χ1v) is 7.20. The van der Waals surface area contributed by atoms with E-state index >= 15 is 0 Å². The summed E-state index contributed by atoms with van der Waals surface area (Å²) >= 11 is 0. The van der Waals surface area contributed by atoms with E-state index in [0.29, 0.717) is 13.1 Å². The molecular weight excluding hydrogens is 250 g/mol. The number of nitrogens with zero attached hydrogens (tertiary/aromatic N) is 2. The van der Waals surface area contributed by atoms with E-state index in [0.717, 1.165) is 13.0 Å².